The van der Waals surface area contributed by atoms with Crippen molar-refractivity contribution in [2.24, 2.45) is 0 Å². The number of nitrogens with zero attached hydrogens (tertiary/aromatic N) is 4. The lowest BCUT2D eigenvalue weighted by Gasteiger charge is -2.36. The molecule has 0 radical (unpaired) electrons. The maximum atomic E-state index is 13.0. The van der Waals surface area contributed by atoms with Crippen LogP contribution in [0, 0.1) is 13.8 Å². The molecule has 33 heavy (non-hydrogen) atoms. The molecule has 15 nitrogen and oxygen atoms in total. The molecule has 0 bridgehead atoms. The fourth-order valence-electron chi connectivity index (χ4n) is 3.59. The third-order valence-electron chi connectivity index (χ3n) is 5.43. The Hall–Kier alpha value is -3.53. The fourth-order valence-corrected chi connectivity index (χ4v) is 4.28. The number of β-lactam (4-membered cyclic amide) rings is 1. The highest BCUT2D eigenvalue weighted by Gasteiger charge is 2.46. The minimum absolute atomic E-state index is 0.0770. The third-order valence-corrected chi connectivity index (χ3v) is 6.31. The monoisotopic (exact) mass is 485 g/mol. The van der Waals surface area contributed by atoms with Crippen LogP contribution in [0.1, 0.15) is 29.9 Å². The number of aryl methyl sites for hydroxylation is 2. The molecule has 0 aliphatic carbocycles. The third kappa shape index (κ3) is 4.51. The van der Waals surface area contributed by atoms with Gasteiger partial charge < -0.3 is 15.5 Å². The van der Waals surface area contributed by atoms with Gasteiger partial charge in [-0.15, -0.1) is 0 Å². The number of hydrogen-bond acceptors (Lipinski definition) is 8. The van der Waals surface area contributed by atoms with Crippen molar-refractivity contribution in [2.75, 3.05) is 26.2 Å². The van der Waals surface area contributed by atoms with Crippen LogP contribution in [-0.2, 0) is 29.5 Å². The molecule has 0 saturated carbocycles. The zero-order chi connectivity index (χ0) is 24.7. The predicted molar refractivity (Wildman–Crippen MR) is 108 cm³/mol. The molecular weight excluding hydrogens is 462 g/mol. The van der Waals surface area contributed by atoms with E-state index in [0.29, 0.717) is 22.8 Å². The lowest BCUT2D eigenvalue weighted by molar-refractivity contribution is -0.153. The molecule has 16 heteroatoms. The summed E-state index contributed by atoms with van der Waals surface area (Å²) < 4.78 is 31.3. The van der Waals surface area contributed by atoms with Gasteiger partial charge in [-0.1, -0.05) is 0 Å². The minimum Gasteiger partial charge on any atom is -0.341 e. The molecule has 4 N–H and O–H groups in total. The van der Waals surface area contributed by atoms with E-state index in [-0.39, 0.29) is 23.0 Å². The molecule has 1 aromatic rings. The molecule has 3 heterocycles. The van der Waals surface area contributed by atoms with Gasteiger partial charge in [0.15, 0.2) is 0 Å². The van der Waals surface area contributed by atoms with Gasteiger partial charge in [0, 0.05) is 30.9 Å². The number of hydrogen-bond donors (Lipinski definition) is 4. The normalized spacial score (nSPS) is 19.9. The van der Waals surface area contributed by atoms with E-state index in [4.69, 9.17) is 4.55 Å². The Morgan fingerprint density at radius 2 is 1.88 bits per heavy atom. The van der Waals surface area contributed by atoms with Crippen LogP contribution in [0.5, 0.6) is 0 Å². The lowest BCUT2D eigenvalue weighted by atomic mass is 10.0. The van der Waals surface area contributed by atoms with Crippen LogP contribution in [0.15, 0.2) is 0 Å². The van der Waals surface area contributed by atoms with Crippen molar-refractivity contribution in [1.82, 2.24) is 34.9 Å². The quantitative estimate of drug-likeness (QED) is 0.192. The first-order valence-electron chi connectivity index (χ1n) is 9.88. The summed E-state index contributed by atoms with van der Waals surface area (Å²) in [5.74, 6) is -3.82. The van der Waals surface area contributed by atoms with Crippen LogP contribution in [-0.4, -0.2) is 99.2 Å². The zero-order valence-corrected chi connectivity index (χ0v) is 18.8. The highest BCUT2D eigenvalue weighted by Crippen LogP contribution is 2.22. The van der Waals surface area contributed by atoms with E-state index in [1.807, 2.05) is 0 Å². The zero-order valence-electron chi connectivity index (χ0n) is 18.0. The number of carbonyl (C=O) groups is 5. The number of likely N-dealkylation sites (N-methyl/N-ethyl adjacent to an activating group) is 1. The summed E-state index contributed by atoms with van der Waals surface area (Å²) in [6.07, 6.45) is 0. The van der Waals surface area contributed by atoms with Crippen LogP contribution >= 0.6 is 0 Å². The maximum absolute atomic E-state index is 13.0. The first-order valence-corrected chi connectivity index (χ1v) is 11.3. The van der Waals surface area contributed by atoms with Gasteiger partial charge in [-0.05, 0) is 20.8 Å². The van der Waals surface area contributed by atoms with Gasteiger partial charge in [0.1, 0.15) is 12.1 Å². The Kier molecular flexibility index (Phi) is 6.42. The topological polar surface area (TPSA) is 202 Å². The summed E-state index contributed by atoms with van der Waals surface area (Å²) in [5, 5.41) is 11.3. The SMILES string of the molecule is CCN1CCN(C(=O)NC(C(=O)NC2CN(S(=O)(=O)O)C2=O)c2c(C)n[nH]c2C)C(=O)C1=O. The first-order chi connectivity index (χ1) is 15.4. The second kappa shape index (κ2) is 8.78. The predicted octanol–water partition coefficient (Wildman–Crippen LogP) is -2.40. The van der Waals surface area contributed by atoms with E-state index in [1.54, 1.807) is 20.8 Å². The number of amides is 6. The second-order valence-electron chi connectivity index (χ2n) is 7.48. The largest absolute Gasteiger partial charge is 0.362 e. The summed E-state index contributed by atoms with van der Waals surface area (Å²) in [6.45, 7) is 4.72. The van der Waals surface area contributed by atoms with Crippen LogP contribution in [0.2, 0.25) is 0 Å². The summed E-state index contributed by atoms with van der Waals surface area (Å²) in [5.41, 5.74) is 1.04. The lowest BCUT2D eigenvalue weighted by Crippen LogP contribution is -2.66. The maximum Gasteiger partial charge on any atom is 0.362 e. The standard InChI is InChI=1S/C17H23N7O8S/c1-4-22-5-6-23(16(28)15(22)27)17(29)19-12(11-8(2)20-21-9(11)3)13(25)18-10-7-24(14(10)26)33(30,31)32/h10,12H,4-7H2,1-3H3,(H,18,25)(H,19,29)(H,20,21)(H,30,31,32). The number of aromatic amines is 1. The Morgan fingerprint density at radius 1 is 1.21 bits per heavy atom. The first kappa shape index (κ1) is 24.1. The fraction of sp³-hybridized carbons (Fsp3) is 0.529. The number of imide groups is 1. The van der Waals surface area contributed by atoms with E-state index < -0.39 is 58.6 Å². The molecule has 0 aromatic carbocycles. The molecule has 2 aliphatic heterocycles. The Labute approximate surface area is 188 Å². The van der Waals surface area contributed by atoms with Gasteiger partial charge in [-0.2, -0.15) is 13.5 Å². The molecule has 0 spiro atoms. The Balaban J connectivity index is 1.79. The van der Waals surface area contributed by atoms with Crippen molar-refractivity contribution in [3.05, 3.63) is 17.0 Å². The summed E-state index contributed by atoms with van der Waals surface area (Å²) in [6, 6.07) is -3.66. The van der Waals surface area contributed by atoms with Crippen LogP contribution in [0.4, 0.5) is 4.79 Å². The minimum atomic E-state index is -4.74. The van der Waals surface area contributed by atoms with E-state index in [1.165, 1.54) is 4.90 Å². The number of piperazine rings is 1. The van der Waals surface area contributed by atoms with E-state index in [2.05, 4.69) is 20.8 Å². The van der Waals surface area contributed by atoms with Crippen LogP contribution in [0.25, 0.3) is 0 Å². The second-order valence-corrected chi connectivity index (χ2v) is 8.82. The molecule has 2 aliphatic rings. The van der Waals surface area contributed by atoms with Gasteiger partial charge >= 0.3 is 28.1 Å². The number of urea groups is 1. The van der Waals surface area contributed by atoms with Gasteiger partial charge in [0.05, 0.1) is 12.2 Å². The Morgan fingerprint density at radius 3 is 2.39 bits per heavy atom. The molecule has 2 unspecified atom stereocenters. The van der Waals surface area contributed by atoms with E-state index in [0.717, 1.165) is 0 Å². The molecule has 3 rings (SSSR count). The van der Waals surface area contributed by atoms with Crippen molar-refractivity contribution >= 4 is 40.0 Å². The molecule has 2 fully saturated rings. The molecule has 2 atom stereocenters. The Bertz CT molecular complexity index is 1110. The molecule has 6 amide bonds. The number of carbonyl (C=O) groups excluding carboxylic acids is 5. The highest BCUT2D eigenvalue weighted by atomic mass is 32.2. The highest BCUT2D eigenvalue weighted by molar-refractivity contribution is 7.84. The van der Waals surface area contributed by atoms with Gasteiger partial charge in [-0.3, -0.25) is 33.7 Å². The summed E-state index contributed by atoms with van der Waals surface area (Å²) in [7, 11) is -4.74. The van der Waals surface area contributed by atoms with Crippen molar-refractivity contribution in [2.45, 2.75) is 32.9 Å². The van der Waals surface area contributed by atoms with Crippen molar-refractivity contribution in [3.63, 3.8) is 0 Å². The van der Waals surface area contributed by atoms with Crippen molar-refractivity contribution < 1.29 is 36.9 Å². The van der Waals surface area contributed by atoms with E-state index in [9.17, 15) is 32.4 Å². The molecular formula is C17H23N7O8S. The van der Waals surface area contributed by atoms with Crippen LogP contribution in [0.3, 0.4) is 0 Å². The average Bonchev–Trinajstić information content (AvgIpc) is 3.07. The number of aromatic nitrogens is 2. The molecule has 180 valence electrons. The van der Waals surface area contributed by atoms with Crippen LogP contribution < -0.4 is 10.6 Å². The smallest absolute Gasteiger partial charge is 0.341 e. The van der Waals surface area contributed by atoms with Crippen molar-refractivity contribution in [1.29, 1.82) is 0 Å². The van der Waals surface area contributed by atoms with Gasteiger partial charge in [0.25, 0.3) is 5.91 Å². The number of nitrogens with one attached hydrogen (secondary N) is 3. The number of H-pyrrole nitrogens is 1. The number of rotatable bonds is 6. The summed E-state index contributed by atoms with van der Waals surface area (Å²) in [4.78, 5) is 64.2. The van der Waals surface area contributed by atoms with Gasteiger partial charge in [-0.25, -0.2) is 9.10 Å². The molecule has 1 aromatic heterocycles. The summed E-state index contributed by atoms with van der Waals surface area (Å²) >= 11 is 0. The average molecular weight is 485 g/mol. The van der Waals surface area contributed by atoms with Crippen molar-refractivity contribution in [3.8, 4) is 0 Å². The van der Waals surface area contributed by atoms with E-state index >= 15 is 0 Å². The van der Waals surface area contributed by atoms with Gasteiger partial charge in [0.2, 0.25) is 5.91 Å². The molecule has 2 saturated heterocycles.